The molecule has 0 saturated carbocycles. The van der Waals surface area contributed by atoms with Gasteiger partial charge in [-0.25, -0.2) is 0 Å². The van der Waals surface area contributed by atoms with E-state index in [4.69, 9.17) is 0 Å². The molecule has 0 radical (unpaired) electrons. The average Bonchev–Trinajstić information content (AvgIpc) is 3.37. The molecule has 1 aliphatic rings. The standard InChI is InChI=1S/C32H64N2/c1-3-5-7-9-11-12-13-14-15-16-17-18-19-20-22-24-28-33(27-23-21-10-8-6-4-2)31-32-34-29-25-26-30-34/h14-15H,3-13,16-32H2,1-2H3/b15-14+. The molecule has 0 unspecified atom stereocenters. The first-order valence-electron chi connectivity index (χ1n) is 16.0. The van der Waals surface area contributed by atoms with Crippen molar-refractivity contribution >= 4 is 0 Å². The molecule has 2 heteroatoms. The highest BCUT2D eigenvalue weighted by atomic mass is 15.2. The van der Waals surface area contributed by atoms with Crippen molar-refractivity contribution in [1.29, 1.82) is 0 Å². The molecule has 202 valence electrons. The highest BCUT2D eigenvalue weighted by molar-refractivity contribution is 4.81. The van der Waals surface area contributed by atoms with Crippen molar-refractivity contribution < 1.29 is 0 Å². The Kier molecular flexibility index (Phi) is 24.0. The first kappa shape index (κ1) is 31.7. The van der Waals surface area contributed by atoms with Gasteiger partial charge < -0.3 is 9.80 Å². The Balaban J connectivity index is 1.97. The lowest BCUT2D eigenvalue weighted by Gasteiger charge is -2.25. The summed E-state index contributed by atoms with van der Waals surface area (Å²) in [5.41, 5.74) is 0. The van der Waals surface area contributed by atoms with Crippen LogP contribution in [0, 0.1) is 0 Å². The lowest BCUT2D eigenvalue weighted by atomic mass is 10.1. The monoisotopic (exact) mass is 477 g/mol. The van der Waals surface area contributed by atoms with Crippen molar-refractivity contribution in [3.05, 3.63) is 12.2 Å². The third kappa shape index (κ3) is 21.0. The molecule has 1 fully saturated rings. The van der Waals surface area contributed by atoms with Crippen molar-refractivity contribution in [2.24, 2.45) is 0 Å². The normalized spacial score (nSPS) is 14.8. The molecule has 1 rings (SSSR count). The molecule has 0 N–H and O–H groups in total. The molecule has 0 amide bonds. The van der Waals surface area contributed by atoms with E-state index in [2.05, 4.69) is 35.8 Å². The lowest BCUT2D eigenvalue weighted by Crippen LogP contribution is -2.35. The summed E-state index contributed by atoms with van der Waals surface area (Å²) in [6, 6.07) is 0. The van der Waals surface area contributed by atoms with Gasteiger partial charge in [0.25, 0.3) is 0 Å². The van der Waals surface area contributed by atoms with Crippen LogP contribution in [0.1, 0.15) is 155 Å². The van der Waals surface area contributed by atoms with Gasteiger partial charge in [-0.05, 0) is 77.5 Å². The molecule has 0 bridgehead atoms. The van der Waals surface area contributed by atoms with E-state index < -0.39 is 0 Å². The highest BCUT2D eigenvalue weighted by Crippen LogP contribution is 2.12. The van der Waals surface area contributed by atoms with Crippen LogP contribution in [0.25, 0.3) is 0 Å². The predicted octanol–water partition coefficient (Wildman–Crippen LogP) is 9.78. The molecule has 0 atom stereocenters. The topological polar surface area (TPSA) is 6.48 Å². The van der Waals surface area contributed by atoms with Gasteiger partial charge in [-0.1, -0.05) is 116 Å². The van der Waals surface area contributed by atoms with E-state index in [1.807, 2.05) is 0 Å². The zero-order valence-electron chi connectivity index (χ0n) is 23.8. The zero-order chi connectivity index (χ0) is 24.4. The molecule has 2 nitrogen and oxygen atoms in total. The third-order valence-electron chi connectivity index (χ3n) is 7.75. The van der Waals surface area contributed by atoms with Crippen LogP contribution in [0.2, 0.25) is 0 Å². The Hall–Kier alpha value is -0.340. The minimum absolute atomic E-state index is 1.30. The van der Waals surface area contributed by atoms with E-state index in [0.717, 1.165) is 0 Å². The predicted molar refractivity (Wildman–Crippen MR) is 155 cm³/mol. The molecule has 1 heterocycles. The molecular weight excluding hydrogens is 412 g/mol. The first-order chi connectivity index (χ1) is 16.9. The maximum atomic E-state index is 2.80. The summed E-state index contributed by atoms with van der Waals surface area (Å²) in [5.74, 6) is 0. The van der Waals surface area contributed by atoms with Gasteiger partial charge >= 0.3 is 0 Å². The van der Waals surface area contributed by atoms with Crippen LogP contribution in [-0.4, -0.2) is 49.1 Å². The van der Waals surface area contributed by atoms with Gasteiger partial charge in [0.1, 0.15) is 0 Å². The van der Waals surface area contributed by atoms with E-state index in [1.54, 1.807) is 0 Å². The number of allylic oxidation sites excluding steroid dienone is 2. The largest absolute Gasteiger partial charge is 0.302 e. The summed E-state index contributed by atoms with van der Waals surface area (Å²) in [5, 5.41) is 0. The second-order valence-electron chi connectivity index (χ2n) is 11.1. The van der Waals surface area contributed by atoms with Crippen molar-refractivity contribution in [3.63, 3.8) is 0 Å². The van der Waals surface area contributed by atoms with Crippen molar-refractivity contribution in [3.8, 4) is 0 Å². The number of hydrogen-bond donors (Lipinski definition) is 0. The minimum Gasteiger partial charge on any atom is -0.302 e. The average molecular weight is 477 g/mol. The molecule has 0 aromatic rings. The van der Waals surface area contributed by atoms with E-state index in [-0.39, 0.29) is 0 Å². The van der Waals surface area contributed by atoms with Crippen LogP contribution < -0.4 is 0 Å². The Morgan fingerprint density at radius 2 is 0.912 bits per heavy atom. The summed E-state index contributed by atoms with van der Waals surface area (Å²) in [7, 11) is 0. The Morgan fingerprint density at radius 1 is 0.500 bits per heavy atom. The SMILES string of the molecule is CCCCCCCC/C=C/CCCCCCCCN(CCCCCCCC)CCN1CCCC1. The van der Waals surface area contributed by atoms with Crippen LogP contribution in [0.4, 0.5) is 0 Å². The van der Waals surface area contributed by atoms with Crippen LogP contribution in [0.3, 0.4) is 0 Å². The molecule has 0 aromatic heterocycles. The van der Waals surface area contributed by atoms with Gasteiger partial charge in [0.15, 0.2) is 0 Å². The van der Waals surface area contributed by atoms with Crippen molar-refractivity contribution in [2.75, 3.05) is 39.3 Å². The molecule has 1 aliphatic heterocycles. The van der Waals surface area contributed by atoms with E-state index in [1.165, 1.54) is 181 Å². The fourth-order valence-electron chi connectivity index (χ4n) is 5.32. The first-order valence-corrected chi connectivity index (χ1v) is 16.0. The Morgan fingerprint density at radius 3 is 1.38 bits per heavy atom. The molecule has 0 spiro atoms. The maximum Gasteiger partial charge on any atom is 0.0109 e. The van der Waals surface area contributed by atoms with Gasteiger partial charge in [-0.3, -0.25) is 0 Å². The molecule has 1 saturated heterocycles. The van der Waals surface area contributed by atoms with Crippen LogP contribution in [0.5, 0.6) is 0 Å². The van der Waals surface area contributed by atoms with Gasteiger partial charge in [-0.2, -0.15) is 0 Å². The smallest absolute Gasteiger partial charge is 0.0109 e. The fourth-order valence-corrected chi connectivity index (χ4v) is 5.32. The van der Waals surface area contributed by atoms with E-state index in [9.17, 15) is 0 Å². The van der Waals surface area contributed by atoms with Gasteiger partial charge in [0, 0.05) is 13.1 Å². The fraction of sp³-hybridized carbons (Fsp3) is 0.938. The summed E-state index contributed by atoms with van der Waals surface area (Å²) in [6.45, 7) is 12.6. The summed E-state index contributed by atoms with van der Waals surface area (Å²) in [4.78, 5) is 5.49. The molecule has 34 heavy (non-hydrogen) atoms. The van der Waals surface area contributed by atoms with Crippen LogP contribution in [0.15, 0.2) is 12.2 Å². The summed E-state index contributed by atoms with van der Waals surface area (Å²) in [6.07, 6.45) is 35.9. The van der Waals surface area contributed by atoms with Crippen LogP contribution >= 0.6 is 0 Å². The number of unbranched alkanes of at least 4 members (excludes halogenated alkanes) is 17. The van der Waals surface area contributed by atoms with E-state index >= 15 is 0 Å². The number of hydrogen-bond acceptors (Lipinski definition) is 2. The van der Waals surface area contributed by atoms with E-state index in [0.29, 0.717) is 0 Å². The number of likely N-dealkylation sites (tertiary alicyclic amines) is 1. The summed E-state index contributed by atoms with van der Waals surface area (Å²) < 4.78 is 0. The number of rotatable bonds is 26. The third-order valence-corrected chi connectivity index (χ3v) is 7.75. The quantitative estimate of drug-likeness (QED) is 0.0905. The van der Waals surface area contributed by atoms with Crippen molar-refractivity contribution in [2.45, 2.75) is 155 Å². The maximum absolute atomic E-state index is 2.80. The Labute approximate surface area is 216 Å². The number of nitrogens with zero attached hydrogens (tertiary/aromatic N) is 2. The van der Waals surface area contributed by atoms with Crippen LogP contribution in [-0.2, 0) is 0 Å². The van der Waals surface area contributed by atoms with Crippen molar-refractivity contribution in [1.82, 2.24) is 9.80 Å². The minimum atomic E-state index is 1.30. The van der Waals surface area contributed by atoms with Gasteiger partial charge in [0.05, 0.1) is 0 Å². The second kappa shape index (κ2) is 25.7. The Bertz CT molecular complexity index is 413. The summed E-state index contributed by atoms with van der Waals surface area (Å²) >= 11 is 0. The molecule has 0 aromatic carbocycles. The molecule has 0 aliphatic carbocycles. The zero-order valence-corrected chi connectivity index (χ0v) is 23.8. The lowest BCUT2D eigenvalue weighted by molar-refractivity contribution is 0.217. The van der Waals surface area contributed by atoms with Gasteiger partial charge in [-0.15, -0.1) is 0 Å². The van der Waals surface area contributed by atoms with Gasteiger partial charge in [0.2, 0.25) is 0 Å². The molecular formula is C32H64N2. The highest BCUT2D eigenvalue weighted by Gasteiger charge is 2.13. The second-order valence-corrected chi connectivity index (χ2v) is 11.1.